The number of allylic oxidation sites excluding steroid dienone is 1. The van der Waals surface area contributed by atoms with Gasteiger partial charge < -0.3 is 10.1 Å². The van der Waals surface area contributed by atoms with E-state index in [1.54, 1.807) is 0 Å². The van der Waals surface area contributed by atoms with Crippen LogP contribution in [0.25, 0.3) is 0 Å². The fraction of sp³-hybridized carbons (Fsp3) is 0.118. The van der Waals surface area contributed by atoms with Gasteiger partial charge in [0.15, 0.2) is 5.88 Å². The van der Waals surface area contributed by atoms with Crippen molar-refractivity contribution in [2.75, 3.05) is 11.9 Å². The first-order chi connectivity index (χ1) is 9.79. The van der Waals surface area contributed by atoms with Gasteiger partial charge in [-0.3, -0.25) is 0 Å². The smallest absolute Gasteiger partial charge is 0.192 e. The highest BCUT2D eigenvalue weighted by Crippen LogP contribution is 2.12. The van der Waals surface area contributed by atoms with Crippen LogP contribution in [-0.4, -0.2) is 11.5 Å². The fourth-order valence-electron chi connectivity index (χ4n) is 1.74. The van der Waals surface area contributed by atoms with Crippen LogP contribution in [0, 0.1) is 0 Å². The SMILES string of the molecule is CCO/C(=C/C(=S)c1ccccc1)Nc1ccccc1. The van der Waals surface area contributed by atoms with Crippen molar-refractivity contribution >= 4 is 22.8 Å². The monoisotopic (exact) mass is 283 g/mol. The summed E-state index contributed by atoms with van der Waals surface area (Å²) in [7, 11) is 0. The molecule has 0 saturated carbocycles. The summed E-state index contributed by atoms with van der Waals surface area (Å²) in [6.07, 6.45) is 1.85. The number of anilines is 1. The van der Waals surface area contributed by atoms with E-state index in [1.165, 1.54) is 0 Å². The Labute approximate surface area is 125 Å². The van der Waals surface area contributed by atoms with Crippen LogP contribution in [0.4, 0.5) is 5.69 Å². The Hall–Kier alpha value is -2.13. The molecule has 2 aromatic carbocycles. The van der Waals surface area contributed by atoms with Crippen LogP contribution in [0.1, 0.15) is 12.5 Å². The number of ether oxygens (including phenoxy) is 1. The zero-order valence-electron chi connectivity index (χ0n) is 11.4. The van der Waals surface area contributed by atoms with Crippen LogP contribution in [0.5, 0.6) is 0 Å². The summed E-state index contributed by atoms with van der Waals surface area (Å²) in [5, 5.41) is 3.23. The molecule has 3 heteroatoms. The molecule has 0 atom stereocenters. The van der Waals surface area contributed by atoms with Crippen molar-refractivity contribution in [1.29, 1.82) is 0 Å². The third-order valence-electron chi connectivity index (χ3n) is 2.66. The van der Waals surface area contributed by atoms with Crippen molar-refractivity contribution in [2.24, 2.45) is 0 Å². The normalized spacial score (nSPS) is 10.9. The molecule has 0 bridgehead atoms. The number of thiocarbonyl (C=S) groups is 1. The summed E-state index contributed by atoms with van der Waals surface area (Å²) in [6, 6.07) is 19.8. The van der Waals surface area contributed by atoms with E-state index in [2.05, 4.69) is 5.32 Å². The third-order valence-corrected chi connectivity index (χ3v) is 3.02. The maximum Gasteiger partial charge on any atom is 0.192 e. The van der Waals surface area contributed by atoms with Gasteiger partial charge in [0.05, 0.1) is 11.5 Å². The molecule has 0 fully saturated rings. The molecular weight excluding hydrogens is 266 g/mol. The average molecular weight is 283 g/mol. The van der Waals surface area contributed by atoms with Gasteiger partial charge in [0.25, 0.3) is 0 Å². The Morgan fingerprint density at radius 3 is 2.25 bits per heavy atom. The lowest BCUT2D eigenvalue weighted by Crippen LogP contribution is -2.07. The van der Waals surface area contributed by atoms with E-state index in [0.29, 0.717) is 12.5 Å². The van der Waals surface area contributed by atoms with Crippen LogP contribution in [0.2, 0.25) is 0 Å². The Morgan fingerprint density at radius 2 is 1.65 bits per heavy atom. The molecular formula is C17H17NOS. The molecule has 1 N–H and O–H groups in total. The topological polar surface area (TPSA) is 21.3 Å². The van der Waals surface area contributed by atoms with Gasteiger partial charge in [-0.2, -0.15) is 0 Å². The minimum Gasteiger partial charge on any atom is -0.479 e. The zero-order valence-corrected chi connectivity index (χ0v) is 12.2. The predicted molar refractivity (Wildman–Crippen MR) is 87.9 cm³/mol. The number of hydrogen-bond donors (Lipinski definition) is 1. The molecule has 2 aromatic rings. The molecule has 2 rings (SSSR count). The first-order valence-corrected chi connectivity index (χ1v) is 6.96. The second-order valence-corrected chi connectivity index (χ2v) is 4.60. The molecule has 0 amide bonds. The van der Waals surface area contributed by atoms with Crippen molar-refractivity contribution in [3.8, 4) is 0 Å². The van der Waals surface area contributed by atoms with Gasteiger partial charge in [0, 0.05) is 11.8 Å². The summed E-state index contributed by atoms with van der Waals surface area (Å²) in [4.78, 5) is 0.748. The van der Waals surface area contributed by atoms with E-state index in [9.17, 15) is 0 Å². The van der Waals surface area contributed by atoms with Gasteiger partial charge >= 0.3 is 0 Å². The second kappa shape index (κ2) is 7.46. The Bertz CT molecular complexity index is 578. The van der Waals surface area contributed by atoms with Gasteiger partial charge in [-0.25, -0.2) is 0 Å². The van der Waals surface area contributed by atoms with Crippen LogP contribution >= 0.6 is 12.2 Å². The van der Waals surface area contributed by atoms with E-state index in [1.807, 2.05) is 73.7 Å². The Morgan fingerprint density at radius 1 is 1.05 bits per heavy atom. The van der Waals surface area contributed by atoms with E-state index >= 15 is 0 Å². The number of para-hydroxylation sites is 1. The number of rotatable bonds is 6. The van der Waals surface area contributed by atoms with E-state index in [-0.39, 0.29) is 0 Å². The van der Waals surface area contributed by atoms with Crippen LogP contribution in [0.3, 0.4) is 0 Å². The first kappa shape index (κ1) is 14.3. The van der Waals surface area contributed by atoms with Crippen molar-refractivity contribution in [3.63, 3.8) is 0 Å². The highest BCUT2D eigenvalue weighted by atomic mass is 32.1. The minimum atomic E-state index is 0.586. The maximum atomic E-state index is 5.60. The number of hydrogen-bond acceptors (Lipinski definition) is 3. The highest BCUT2D eigenvalue weighted by Gasteiger charge is 2.03. The molecule has 0 radical (unpaired) electrons. The van der Waals surface area contributed by atoms with E-state index < -0.39 is 0 Å². The van der Waals surface area contributed by atoms with Crippen molar-refractivity contribution in [2.45, 2.75) is 6.92 Å². The molecule has 102 valence electrons. The Balaban J connectivity index is 2.15. The molecule has 0 aliphatic heterocycles. The third kappa shape index (κ3) is 4.21. The standard InChI is InChI=1S/C17H17NOS/c1-2-19-17(18-15-11-7-4-8-12-15)13-16(20)14-9-5-3-6-10-14/h3-13,18H,2H2,1H3/b17-13+. The van der Waals surface area contributed by atoms with Crippen LogP contribution in [-0.2, 0) is 4.74 Å². The molecule has 0 spiro atoms. The number of nitrogens with one attached hydrogen (secondary N) is 1. The average Bonchev–Trinajstić information content (AvgIpc) is 2.49. The van der Waals surface area contributed by atoms with Crippen molar-refractivity contribution in [3.05, 3.63) is 78.2 Å². The lowest BCUT2D eigenvalue weighted by Gasteiger charge is -2.12. The number of benzene rings is 2. The van der Waals surface area contributed by atoms with Crippen LogP contribution in [0.15, 0.2) is 72.6 Å². The predicted octanol–water partition coefficient (Wildman–Crippen LogP) is 4.39. The van der Waals surface area contributed by atoms with Gasteiger partial charge in [-0.05, 0) is 24.6 Å². The highest BCUT2D eigenvalue weighted by molar-refractivity contribution is 7.81. The summed E-state index contributed by atoms with van der Waals surface area (Å²) < 4.78 is 5.60. The maximum absolute atomic E-state index is 5.60. The molecule has 0 saturated heterocycles. The Kier molecular flexibility index (Phi) is 5.33. The summed E-state index contributed by atoms with van der Waals surface area (Å²) in [5.74, 6) is 0.660. The first-order valence-electron chi connectivity index (χ1n) is 6.55. The summed E-state index contributed by atoms with van der Waals surface area (Å²) >= 11 is 5.43. The molecule has 0 aromatic heterocycles. The summed E-state index contributed by atoms with van der Waals surface area (Å²) in [5.41, 5.74) is 1.98. The molecule has 2 nitrogen and oxygen atoms in total. The fourth-order valence-corrected chi connectivity index (χ4v) is 1.98. The van der Waals surface area contributed by atoms with Gasteiger partial charge in [0.2, 0.25) is 0 Å². The summed E-state index contributed by atoms with van der Waals surface area (Å²) in [6.45, 7) is 2.54. The van der Waals surface area contributed by atoms with Crippen LogP contribution < -0.4 is 5.32 Å². The largest absolute Gasteiger partial charge is 0.479 e. The van der Waals surface area contributed by atoms with E-state index in [4.69, 9.17) is 17.0 Å². The quantitative estimate of drug-likeness (QED) is 0.367. The van der Waals surface area contributed by atoms with Gasteiger partial charge in [-0.15, -0.1) is 0 Å². The molecule has 0 unspecified atom stereocenters. The molecule has 0 aliphatic rings. The van der Waals surface area contributed by atoms with Gasteiger partial charge in [-0.1, -0.05) is 60.7 Å². The zero-order chi connectivity index (χ0) is 14.2. The minimum absolute atomic E-state index is 0.586. The van der Waals surface area contributed by atoms with Crippen molar-refractivity contribution in [1.82, 2.24) is 0 Å². The molecule has 0 heterocycles. The van der Waals surface area contributed by atoms with Crippen molar-refractivity contribution < 1.29 is 4.74 Å². The molecule has 0 aliphatic carbocycles. The lowest BCUT2D eigenvalue weighted by molar-refractivity contribution is 0.235. The molecule has 20 heavy (non-hydrogen) atoms. The lowest BCUT2D eigenvalue weighted by atomic mass is 10.1. The van der Waals surface area contributed by atoms with E-state index in [0.717, 1.165) is 16.1 Å². The second-order valence-electron chi connectivity index (χ2n) is 4.16. The van der Waals surface area contributed by atoms with Gasteiger partial charge in [0.1, 0.15) is 0 Å².